The molecular formula is C40H27N. The molecule has 0 spiro atoms. The van der Waals surface area contributed by atoms with E-state index in [1.54, 1.807) is 0 Å². The fraction of sp³-hybridized carbons (Fsp3) is 0.0250. The molecule has 0 bridgehead atoms. The number of benzene rings is 7. The first kappa shape index (κ1) is 23.6. The van der Waals surface area contributed by atoms with Gasteiger partial charge in [-0.25, -0.2) is 4.98 Å². The molecule has 1 heteroatoms. The van der Waals surface area contributed by atoms with E-state index in [0.717, 1.165) is 16.8 Å². The lowest BCUT2D eigenvalue weighted by molar-refractivity contribution is 1.40. The highest BCUT2D eigenvalue weighted by Gasteiger charge is 2.17. The summed E-state index contributed by atoms with van der Waals surface area (Å²) in [6, 6.07) is 52.6. The van der Waals surface area contributed by atoms with Gasteiger partial charge >= 0.3 is 0 Å². The first-order valence-electron chi connectivity index (χ1n) is 14.1. The smallest absolute Gasteiger partial charge is 0.0794 e. The summed E-state index contributed by atoms with van der Waals surface area (Å²) in [5.74, 6) is 0. The Kier molecular flexibility index (Phi) is 5.43. The van der Waals surface area contributed by atoms with Gasteiger partial charge in [0, 0.05) is 16.3 Å². The van der Waals surface area contributed by atoms with Crippen molar-refractivity contribution < 1.29 is 0 Å². The Morgan fingerprint density at radius 1 is 0.390 bits per heavy atom. The van der Waals surface area contributed by atoms with Crippen LogP contribution >= 0.6 is 0 Å². The molecule has 1 heterocycles. The van der Waals surface area contributed by atoms with E-state index in [-0.39, 0.29) is 0 Å². The van der Waals surface area contributed by atoms with Crippen molar-refractivity contribution in [3.05, 3.63) is 151 Å². The standard InChI is InChI=1S/C40H27N/c1-26-10-2-7-15-33(26)37-25-39(32-21-19-28-12-4-6-14-30(28)23-32)41-40-35-17-9-8-16-34(35)36(24-38(37)40)31-20-18-27-11-3-5-13-29(27)22-31/h2-25H,1H3. The van der Waals surface area contributed by atoms with Crippen LogP contribution in [0.1, 0.15) is 5.56 Å². The average molecular weight is 522 g/mol. The monoisotopic (exact) mass is 521 g/mol. The zero-order valence-corrected chi connectivity index (χ0v) is 22.8. The van der Waals surface area contributed by atoms with Gasteiger partial charge in [0.1, 0.15) is 0 Å². The highest BCUT2D eigenvalue weighted by atomic mass is 14.7. The Morgan fingerprint density at radius 2 is 0.976 bits per heavy atom. The highest BCUT2D eigenvalue weighted by molar-refractivity contribution is 6.16. The first-order chi connectivity index (χ1) is 20.2. The number of hydrogen-bond donors (Lipinski definition) is 0. The van der Waals surface area contributed by atoms with Gasteiger partial charge in [0.05, 0.1) is 11.2 Å². The van der Waals surface area contributed by atoms with Gasteiger partial charge in [0.15, 0.2) is 0 Å². The van der Waals surface area contributed by atoms with Gasteiger partial charge in [-0.1, -0.05) is 121 Å². The lowest BCUT2D eigenvalue weighted by Crippen LogP contribution is -1.94. The zero-order chi connectivity index (χ0) is 27.3. The summed E-state index contributed by atoms with van der Waals surface area (Å²) < 4.78 is 0. The van der Waals surface area contributed by atoms with Gasteiger partial charge in [0.2, 0.25) is 0 Å². The summed E-state index contributed by atoms with van der Waals surface area (Å²) in [4.78, 5) is 5.38. The molecule has 0 radical (unpaired) electrons. The molecule has 0 saturated heterocycles. The van der Waals surface area contributed by atoms with E-state index in [2.05, 4.69) is 153 Å². The average Bonchev–Trinajstić information content (AvgIpc) is 3.03. The predicted octanol–water partition coefficient (Wildman–Crippen LogP) is 11.0. The van der Waals surface area contributed by atoms with Gasteiger partial charge in [-0.15, -0.1) is 0 Å². The molecular weight excluding hydrogens is 494 g/mol. The summed E-state index contributed by atoms with van der Waals surface area (Å²) in [6.07, 6.45) is 0. The third-order valence-corrected chi connectivity index (χ3v) is 8.36. The maximum atomic E-state index is 5.38. The molecule has 1 nitrogen and oxygen atoms in total. The third-order valence-electron chi connectivity index (χ3n) is 8.36. The topological polar surface area (TPSA) is 12.9 Å². The second-order valence-corrected chi connectivity index (χ2v) is 10.9. The van der Waals surface area contributed by atoms with Crippen molar-refractivity contribution in [2.24, 2.45) is 0 Å². The van der Waals surface area contributed by atoms with Crippen molar-refractivity contribution >= 4 is 43.2 Å². The third kappa shape index (κ3) is 3.98. The molecule has 192 valence electrons. The Morgan fingerprint density at radius 3 is 1.71 bits per heavy atom. The summed E-state index contributed by atoms with van der Waals surface area (Å²) >= 11 is 0. The van der Waals surface area contributed by atoms with Crippen LogP contribution in [0.2, 0.25) is 0 Å². The SMILES string of the molecule is Cc1ccccc1-c1cc(-c2ccc3ccccc3c2)nc2c1cc(-c1ccc3ccccc3c1)c1ccccc12. The molecule has 0 aliphatic carbocycles. The van der Waals surface area contributed by atoms with Gasteiger partial charge in [-0.3, -0.25) is 0 Å². The molecule has 0 aliphatic rings. The van der Waals surface area contributed by atoms with Crippen molar-refractivity contribution in [1.82, 2.24) is 4.98 Å². The molecule has 0 aliphatic heterocycles. The summed E-state index contributed by atoms with van der Waals surface area (Å²) in [6.45, 7) is 2.20. The molecule has 41 heavy (non-hydrogen) atoms. The number of aryl methyl sites for hydroxylation is 1. The van der Waals surface area contributed by atoms with Crippen LogP contribution in [0, 0.1) is 6.92 Å². The van der Waals surface area contributed by atoms with Crippen LogP contribution < -0.4 is 0 Å². The molecule has 0 saturated carbocycles. The molecule has 8 aromatic rings. The predicted molar refractivity (Wildman–Crippen MR) is 175 cm³/mol. The minimum atomic E-state index is 0.991. The maximum Gasteiger partial charge on any atom is 0.0794 e. The van der Waals surface area contributed by atoms with Gasteiger partial charge in [-0.05, 0) is 85.9 Å². The Hall–Kier alpha value is -5.27. The number of pyridine rings is 1. The number of fused-ring (bicyclic) bond motifs is 5. The maximum absolute atomic E-state index is 5.38. The van der Waals surface area contributed by atoms with E-state index < -0.39 is 0 Å². The molecule has 1 aromatic heterocycles. The Balaban J connectivity index is 1.47. The van der Waals surface area contributed by atoms with Gasteiger partial charge < -0.3 is 0 Å². The minimum Gasteiger partial charge on any atom is -0.247 e. The van der Waals surface area contributed by atoms with Crippen molar-refractivity contribution in [2.45, 2.75) is 6.92 Å². The van der Waals surface area contributed by atoms with Crippen LogP contribution in [-0.4, -0.2) is 4.98 Å². The number of nitrogens with zero attached hydrogens (tertiary/aromatic N) is 1. The van der Waals surface area contributed by atoms with Crippen molar-refractivity contribution in [3.8, 4) is 33.5 Å². The van der Waals surface area contributed by atoms with Crippen LogP contribution in [0.25, 0.3) is 76.7 Å². The number of hydrogen-bond acceptors (Lipinski definition) is 1. The van der Waals surface area contributed by atoms with E-state index in [9.17, 15) is 0 Å². The van der Waals surface area contributed by atoms with Gasteiger partial charge in [0.25, 0.3) is 0 Å². The van der Waals surface area contributed by atoms with Gasteiger partial charge in [-0.2, -0.15) is 0 Å². The minimum absolute atomic E-state index is 0.991. The molecule has 0 amide bonds. The quantitative estimate of drug-likeness (QED) is 0.211. The highest BCUT2D eigenvalue weighted by Crippen LogP contribution is 2.41. The fourth-order valence-corrected chi connectivity index (χ4v) is 6.24. The van der Waals surface area contributed by atoms with Crippen LogP contribution in [0.5, 0.6) is 0 Å². The number of rotatable bonds is 3. The molecule has 0 atom stereocenters. The molecule has 0 N–H and O–H groups in total. The lowest BCUT2D eigenvalue weighted by Gasteiger charge is -2.17. The Bertz CT molecular complexity index is 2270. The first-order valence-corrected chi connectivity index (χ1v) is 14.1. The van der Waals surface area contributed by atoms with E-state index in [0.29, 0.717) is 0 Å². The zero-order valence-electron chi connectivity index (χ0n) is 22.8. The largest absolute Gasteiger partial charge is 0.247 e. The fourth-order valence-electron chi connectivity index (χ4n) is 6.24. The van der Waals surface area contributed by atoms with Crippen molar-refractivity contribution in [3.63, 3.8) is 0 Å². The van der Waals surface area contributed by atoms with Crippen LogP contribution in [0.4, 0.5) is 0 Å². The van der Waals surface area contributed by atoms with E-state index in [1.807, 2.05) is 0 Å². The molecule has 0 fully saturated rings. The van der Waals surface area contributed by atoms with Crippen LogP contribution in [-0.2, 0) is 0 Å². The second-order valence-electron chi connectivity index (χ2n) is 10.9. The second kappa shape index (κ2) is 9.43. The lowest BCUT2D eigenvalue weighted by atomic mass is 9.89. The molecule has 8 rings (SSSR count). The number of aromatic nitrogens is 1. The molecule has 7 aromatic carbocycles. The van der Waals surface area contributed by atoms with Crippen molar-refractivity contribution in [1.29, 1.82) is 0 Å². The molecule has 0 unspecified atom stereocenters. The van der Waals surface area contributed by atoms with E-state index in [4.69, 9.17) is 4.98 Å². The van der Waals surface area contributed by atoms with Crippen LogP contribution in [0.3, 0.4) is 0 Å². The Labute approximate surface area is 239 Å². The normalized spacial score (nSPS) is 11.5. The van der Waals surface area contributed by atoms with E-state index >= 15 is 0 Å². The van der Waals surface area contributed by atoms with E-state index in [1.165, 1.54) is 65.5 Å². The summed E-state index contributed by atoms with van der Waals surface area (Å²) in [7, 11) is 0. The van der Waals surface area contributed by atoms with Crippen molar-refractivity contribution in [2.75, 3.05) is 0 Å². The van der Waals surface area contributed by atoms with Crippen LogP contribution in [0.15, 0.2) is 146 Å². The summed E-state index contributed by atoms with van der Waals surface area (Å²) in [5, 5.41) is 8.52. The summed E-state index contributed by atoms with van der Waals surface area (Å²) in [5.41, 5.74) is 9.31.